The van der Waals surface area contributed by atoms with Crippen LogP contribution < -0.4 is 5.32 Å². The Labute approximate surface area is 122 Å². The number of hydrogen-bond donors (Lipinski definition) is 1. The van der Waals surface area contributed by atoms with Crippen LogP contribution in [0.15, 0.2) is 0 Å². The van der Waals surface area contributed by atoms with Crippen molar-refractivity contribution in [2.24, 2.45) is 5.92 Å². The van der Waals surface area contributed by atoms with Crippen LogP contribution in [0.4, 0.5) is 0 Å². The van der Waals surface area contributed by atoms with E-state index in [0.717, 1.165) is 51.5 Å². The number of piperidine rings is 2. The van der Waals surface area contributed by atoms with Crippen LogP contribution in [0.2, 0.25) is 0 Å². The van der Waals surface area contributed by atoms with Crippen molar-refractivity contribution < 1.29 is 14.3 Å². The van der Waals surface area contributed by atoms with Crippen molar-refractivity contribution in [1.29, 1.82) is 0 Å². The van der Waals surface area contributed by atoms with Crippen LogP contribution in [0.5, 0.6) is 0 Å². The monoisotopic (exact) mass is 284 g/mol. The minimum atomic E-state index is -0.110. The zero-order valence-electron chi connectivity index (χ0n) is 12.6. The molecule has 0 aromatic rings. The number of likely N-dealkylation sites (tertiary alicyclic amines) is 1. The second-order valence-electron chi connectivity index (χ2n) is 5.81. The molecule has 2 heterocycles. The van der Waals surface area contributed by atoms with Gasteiger partial charge in [-0.25, -0.2) is 0 Å². The van der Waals surface area contributed by atoms with E-state index in [1.807, 2.05) is 6.92 Å². The van der Waals surface area contributed by atoms with E-state index in [0.29, 0.717) is 19.3 Å². The van der Waals surface area contributed by atoms with Gasteiger partial charge in [0.1, 0.15) is 0 Å². The number of nitrogens with zero attached hydrogens (tertiary/aromatic N) is 1. The predicted octanol–water partition coefficient (Wildman–Crippen LogP) is 1.03. The molecule has 116 valence electrons. The van der Waals surface area contributed by atoms with Crippen LogP contribution in [0, 0.1) is 5.92 Å². The molecule has 0 radical (unpaired) electrons. The first kappa shape index (κ1) is 15.7. The molecule has 0 aliphatic carbocycles. The summed E-state index contributed by atoms with van der Waals surface area (Å²) in [5.41, 5.74) is 0. The highest BCUT2D eigenvalue weighted by Crippen LogP contribution is 2.18. The van der Waals surface area contributed by atoms with Gasteiger partial charge in [-0.15, -0.1) is 0 Å². The fourth-order valence-electron chi connectivity index (χ4n) is 2.94. The van der Waals surface area contributed by atoms with E-state index in [1.165, 1.54) is 12.8 Å². The van der Waals surface area contributed by atoms with Gasteiger partial charge in [0.25, 0.3) is 0 Å². The summed E-state index contributed by atoms with van der Waals surface area (Å²) in [6.07, 6.45) is 4.92. The largest absolute Gasteiger partial charge is 0.465 e. The van der Waals surface area contributed by atoms with Crippen LogP contribution in [0.25, 0.3) is 0 Å². The molecule has 2 aliphatic heterocycles. The van der Waals surface area contributed by atoms with E-state index in [9.17, 15) is 4.79 Å². The Hall–Kier alpha value is -0.650. The molecule has 0 amide bonds. The fourth-order valence-corrected chi connectivity index (χ4v) is 2.94. The zero-order chi connectivity index (χ0) is 14.2. The van der Waals surface area contributed by atoms with Crippen LogP contribution in [-0.4, -0.2) is 62.9 Å². The number of carbonyl (C=O) groups excluding carboxylic acids is 1. The Kier molecular flexibility index (Phi) is 6.76. The third-order valence-corrected chi connectivity index (χ3v) is 4.22. The molecular formula is C15H28N2O3. The van der Waals surface area contributed by atoms with Gasteiger partial charge in [-0.2, -0.15) is 0 Å². The summed E-state index contributed by atoms with van der Waals surface area (Å²) in [5, 5.41) is 3.38. The molecule has 2 fully saturated rings. The highest BCUT2D eigenvalue weighted by Gasteiger charge is 2.23. The molecular weight excluding hydrogens is 256 g/mol. The van der Waals surface area contributed by atoms with Crippen molar-refractivity contribution in [1.82, 2.24) is 10.2 Å². The lowest BCUT2D eigenvalue weighted by Gasteiger charge is -2.32. The second kappa shape index (κ2) is 8.60. The molecule has 5 heteroatoms. The van der Waals surface area contributed by atoms with Gasteiger partial charge in [0.05, 0.1) is 19.3 Å². The summed E-state index contributed by atoms with van der Waals surface area (Å²) in [6.45, 7) is 7.79. The van der Waals surface area contributed by atoms with E-state index in [1.54, 1.807) is 0 Å². The van der Waals surface area contributed by atoms with Crippen LogP contribution in [0.3, 0.4) is 0 Å². The van der Waals surface area contributed by atoms with Crippen LogP contribution in [-0.2, 0) is 14.3 Å². The Morgan fingerprint density at radius 3 is 2.55 bits per heavy atom. The van der Waals surface area contributed by atoms with E-state index in [4.69, 9.17) is 9.47 Å². The number of carbonyl (C=O) groups is 1. The lowest BCUT2D eigenvalue weighted by atomic mass is 9.99. The Balaban J connectivity index is 1.58. The maximum absolute atomic E-state index is 11.4. The van der Waals surface area contributed by atoms with Gasteiger partial charge in [-0.05, 0) is 51.6 Å². The minimum Gasteiger partial charge on any atom is -0.465 e. The number of hydrogen-bond acceptors (Lipinski definition) is 5. The third kappa shape index (κ3) is 5.38. The lowest BCUT2D eigenvalue weighted by Crippen LogP contribution is -2.41. The molecule has 0 spiro atoms. The van der Waals surface area contributed by atoms with E-state index in [-0.39, 0.29) is 5.97 Å². The molecule has 1 N–H and O–H groups in total. The Morgan fingerprint density at radius 2 is 1.90 bits per heavy atom. The molecule has 0 unspecified atom stereocenters. The highest BCUT2D eigenvalue weighted by molar-refractivity contribution is 5.71. The smallest absolute Gasteiger partial charge is 0.320 e. The highest BCUT2D eigenvalue weighted by atomic mass is 16.5. The van der Waals surface area contributed by atoms with Gasteiger partial charge in [-0.3, -0.25) is 9.69 Å². The topological polar surface area (TPSA) is 50.8 Å². The summed E-state index contributed by atoms with van der Waals surface area (Å²) in [4.78, 5) is 13.6. The number of esters is 1. The summed E-state index contributed by atoms with van der Waals surface area (Å²) in [5.74, 6) is 0.621. The first-order valence-electron chi connectivity index (χ1n) is 7.98. The molecule has 0 aromatic carbocycles. The molecule has 0 atom stereocenters. The SMILES string of the molecule is CCOC(=O)CN1CCC(OCC2CCNCC2)CC1. The first-order chi connectivity index (χ1) is 9.78. The van der Waals surface area contributed by atoms with Gasteiger partial charge in [0.15, 0.2) is 0 Å². The van der Waals surface area contributed by atoms with Gasteiger partial charge >= 0.3 is 5.97 Å². The van der Waals surface area contributed by atoms with Crippen molar-refractivity contribution in [3.05, 3.63) is 0 Å². The van der Waals surface area contributed by atoms with Crippen LogP contribution >= 0.6 is 0 Å². The number of nitrogens with one attached hydrogen (secondary N) is 1. The van der Waals surface area contributed by atoms with E-state index < -0.39 is 0 Å². The van der Waals surface area contributed by atoms with Crippen molar-refractivity contribution in [2.45, 2.75) is 38.7 Å². The van der Waals surface area contributed by atoms with Gasteiger partial charge in [-0.1, -0.05) is 0 Å². The molecule has 2 rings (SSSR count). The minimum absolute atomic E-state index is 0.110. The predicted molar refractivity (Wildman–Crippen MR) is 77.6 cm³/mol. The molecule has 2 aliphatic rings. The van der Waals surface area contributed by atoms with Crippen molar-refractivity contribution in [3.63, 3.8) is 0 Å². The molecule has 5 nitrogen and oxygen atoms in total. The normalized spacial score (nSPS) is 22.9. The van der Waals surface area contributed by atoms with Gasteiger partial charge in [0, 0.05) is 19.7 Å². The summed E-state index contributed by atoms with van der Waals surface area (Å²) >= 11 is 0. The van der Waals surface area contributed by atoms with Gasteiger partial charge in [0.2, 0.25) is 0 Å². The standard InChI is InChI=1S/C15H28N2O3/c1-2-19-15(18)11-17-9-5-14(6-10-17)20-12-13-3-7-16-8-4-13/h13-14,16H,2-12H2,1H3. The maximum atomic E-state index is 11.4. The average Bonchev–Trinajstić information content (AvgIpc) is 2.48. The lowest BCUT2D eigenvalue weighted by molar-refractivity contribution is -0.145. The summed E-state index contributed by atoms with van der Waals surface area (Å²) < 4.78 is 11.0. The third-order valence-electron chi connectivity index (χ3n) is 4.22. The molecule has 0 aromatic heterocycles. The fraction of sp³-hybridized carbons (Fsp3) is 0.933. The average molecular weight is 284 g/mol. The molecule has 0 saturated carbocycles. The second-order valence-corrected chi connectivity index (χ2v) is 5.81. The number of rotatable bonds is 6. The van der Waals surface area contributed by atoms with Gasteiger partial charge < -0.3 is 14.8 Å². The molecule has 20 heavy (non-hydrogen) atoms. The van der Waals surface area contributed by atoms with E-state index >= 15 is 0 Å². The van der Waals surface area contributed by atoms with Crippen molar-refractivity contribution in [3.8, 4) is 0 Å². The Morgan fingerprint density at radius 1 is 1.20 bits per heavy atom. The van der Waals surface area contributed by atoms with Crippen molar-refractivity contribution >= 4 is 5.97 Å². The van der Waals surface area contributed by atoms with Crippen molar-refractivity contribution in [2.75, 3.05) is 45.9 Å². The maximum Gasteiger partial charge on any atom is 0.320 e. The summed E-state index contributed by atoms with van der Waals surface area (Å²) in [6, 6.07) is 0. The van der Waals surface area contributed by atoms with Crippen LogP contribution in [0.1, 0.15) is 32.6 Å². The number of ether oxygens (including phenoxy) is 2. The summed E-state index contributed by atoms with van der Waals surface area (Å²) in [7, 11) is 0. The molecule has 2 saturated heterocycles. The quantitative estimate of drug-likeness (QED) is 0.738. The molecule has 0 bridgehead atoms. The van der Waals surface area contributed by atoms with E-state index in [2.05, 4.69) is 10.2 Å². The first-order valence-corrected chi connectivity index (χ1v) is 7.98. The zero-order valence-corrected chi connectivity index (χ0v) is 12.6. The Bertz CT molecular complexity index is 285.